The lowest BCUT2D eigenvalue weighted by Crippen LogP contribution is -2.40. The zero-order valence-corrected chi connectivity index (χ0v) is 9.04. The molecule has 1 saturated heterocycles. The molecule has 0 radical (unpaired) electrons. The number of rotatable bonds is 6. The average molecular weight is 234 g/mol. The Morgan fingerprint density at radius 1 is 1.44 bits per heavy atom. The molecule has 6 heteroatoms. The van der Waals surface area contributed by atoms with E-state index in [1.807, 2.05) is 0 Å². The topological polar surface area (TPSA) is 96.2 Å². The predicted molar refractivity (Wildman–Crippen MR) is 53.6 cm³/mol. The molecule has 94 valence electrons. The summed E-state index contributed by atoms with van der Waals surface area (Å²) in [6.07, 6.45) is -0.567. The van der Waals surface area contributed by atoms with Gasteiger partial charge in [-0.15, -0.1) is 0 Å². The standard InChI is InChI=1S/C10H18O6/c11-5-7(12)10(14)8(13)6-16-9-3-1-2-4-15-9/h8-11,13-14H,1-6H2/t8-,9?,10-/m1/s1. The molecule has 1 aliphatic rings. The van der Waals surface area contributed by atoms with Gasteiger partial charge in [-0.25, -0.2) is 0 Å². The highest BCUT2D eigenvalue weighted by Gasteiger charge is 2.25. The van der Waals surface area contributed by atoms with Crippen molar-refractivity contribution in [1.29, 1.82) is 0 Å². The quantitative estimate of drug-likeness (QED) is 0.535. The fraction of sp³-hybridized carbons (Fsp3) is 0.900. The van der Waals surface area contributed by atoms with Crippen molar-refractivity contribution in [2.45, 2.75) is 37.8 Å². The minimum atomic E-state index is -1.60. The highest BCUT2D eigenvalue weighted by Crippen LogP contribution is 2.14. The smallest absolute Gasteiger partial charge is 0.189 e. The van der Waals surface area contributed by atoms with Crippen molar-refractivity contribution in [1.82, 2.24) is 0 Å². The van der Waals surface area contributed by atoms with Crippen LogP contribution < -0.4 is 0 Å². The summed E-state index contributed by atoms with van der Waals surface area (Å²) in [5, 5.41) is 27.1. The number of Topliss-reactive ketones (excluding diaryl/α,β-unsaturated/α-hetero) is 1. The monoisotopic (exact) mass is 234 g/mol. The number of hydrogen-bond donors (Lipinski definition) is 3. The van der Waals surface area contributed by atoms with Gasteiger partial charge in [0.1, 0.15) is 18.8 Å². The van der Waals surface area contributed by atoms with E-state index < -0.39 is 24.6 Å². The number of carbonyl (C=O) groups is 1. The molecular weight excluding hydrogens is 216 g/mol. The van der Waals surface area contributed by atoms with Gasteiger partial charge < -0.3 is 24.8 Å². The molecule has 0 bridgehead atoms. The highest BCUT2D eigenvalue weighted by atomic mass is 16.7. The van der Waals surface area contributed by atoms with Gasteiger partial charge >= 0.3 is 0 Å². The van der Waals surface area contributed by atoms with Gasteiger partial charge in [-0.05, 0) is 19.3 Å². The van der Waals surface area contributed by atoms with Crippen LogP contribution in [0.5, 0.6) is 0 Å². The van der Waals surface area contributed by atoms with E-state index in [1.54, 1.807) is 0 Å². The van der Waals surface area contributed by atoms with Crippen molar-refractivity contribution in [3.63, 3.8) is 0 Å². The van der Waals surface area contributed by atoms with Crippen molar-refractivity contribution in [3.05, 3.63) is 0 Å². The van der Waals surface area contributed by atoms with Crippen molar-refractivity contribution in [2.24, 2.45) is 0 Å². The van der Waals surface area contributed by atoms with Crippen LogP contribution in [0.1, 0.15) is 19.3 Å². The Balaban J connectivity index is 2.22. The maximum Gasteiger partial charge on any atom is 0.189 e. The molecule has 6 nitrogen and oxygen atoms in total. The Labute approximate surface area is 93.8 Å². The van der Waals surface area contributed by atoms with Crippen LogP contribution in [0.15, 0.2) is 0 Å². The van der Waals surface area contributed by atoms with Gasteiger partial charge in [0.15, 0.2) is 12.1 Å². The Bertz CT molecular complexity index is 213. The molecule has 0 aromatic rings. The van der Waals surface area contributed by atoms with Gasteiger partial charge in [0.2, 0.25) is 0 Å². The number of aliphatic hydroxyl groups excluding tert-OH is 3. The molecule has 0 saturated carbocycles. The molecule has 1 fully saturated rings. The van der Waals surface area contributed by atoms with Crippen LogP contribution in [0.3, 0.4) is 0 Å². The fourth-order valence-corrected chi connectivity index (χ4v) is 1.45. The number of hydrogen-bond acceptors (Lipinski definition) is 6. The van der Waals surface area contributed by atoms with Crippen molar-refractivity contribution in [2.75, 3.05) is 19.8 Å². The molecule has 0 amide bonds. The maximum atomic E-state index is 10.9. The summed E-state index contributed by atoms with van der Waals surface area (Å²) in [4.78, 5) is 10.9. The summed E-state index contributed by atoms with van der Waals surface area (Å²) in [5.74, 6) is -0.819. The Kier molecular flexibility index (Phi) is 5.86. The Morgan fingerprint density at radius 2 is 2.19 bits per heavy atom. The van der Waals surface area contributed by atoms with E-state index in [2.05, 4.69) is 0 Å². The summed E-state index contributed by atoms with van der Waals surface area (Å²) >= 11 is 0. The van der Waals surface area contributed by atoms with Gasteiger partial charge in [-0.3, -0.25) is 4.79 Å². The maximum absolute atomic E-state index is 10.9. The fourth-order valence-electron chi connectivity index (χ4n) is 1.45. The van der Waals surface area contributed by atoms with Crippen LogP contribution in [-0.2, 0) is 14.3 Å². The summed E-state index contributed by atoms with van der Waals surface area (Å²) in [5.41, 5.74) is 0. The summed E-state index contributed by atoms with van der Waals surface area (Å²) in [6, 6.07) is 0. The molecule has 0 aromatic heterocycles. The van der Waals surface area contributed by atoms with Crippen molar-refractivity contribution in [3.8, 4) is 0 Å². The van der Waals surface area contributed by atoms with Gasteiger partial charge in [0, 0.05) is 6.61 Å². The minimum absolute atomic E-state index is 0.183. The Hall–Kier alpha value is -0.530. The third-order valence-corrected chi connectivity index (χ3v) is 2.44. The van der Waals surface area contributed by atoms with Crippen LogP contribution in [-0.4, -0.2) is 59.4 Å². The second-order valence-corrected chi connectivity index (χ2v) is 3.77. The molecule has 0 spiro atoms. The molecule has 1 rings (SSSR count). The lowest BCUT2D eigenvalue weighted by Gasteiger charge is -2.24. The highest BCUT2D eigenvalue weighted by molar-refractivity contribution is 5.84. The normalized spacial score (nSPS) is 25.1. The van der Waals surface area contributed by atoms with Crippen LogP contribution in [0, 0.1) is 0 Å². The summed E-state index contributed by atoms with van der Waals surface area (Å²) in [7, 11) is 0. The van der Waals surface area contributed by atoms with Crippen LogP contribution in [0.4, 0.5) is 0 Å². The SMILES string of the molecule is O=C(CO)[C@@H](O)[C@H](O)COC1CCCCO1. The largest absolute Gasteiger partial charge is 0.388 e. The van der Waals surface area contributed by atoms with Gasteiger partial charge in [0.05, 0.1) is 6.61 Å². The number of ketones is 1. The molecule has 0 aliphatic carbocycles. The first-order valence-electron chi connectivity index (χ1n) is 5.38. The molecule has 1 unspecified atom stereocenters. The average Bonchev–Trinajstić information content (AvgIpc) is 2.35. The molecule has 1 aliphatic heterocycles. The first kappa shape index (κ1) is 13.5. The van der Waals surface area contributed by atoms with Gasteiger partial charge in [0.25, 0.3) is 0 Å². The third kappa shape index (κ3) is 4.15. The number of carbonyl (C=O) groups excluding carboxylic acids is 1. The predicted octanol–water partition coefficient (Wildman–Crippen LogP) is -1.19. The van der Waals surface area contributed by atoms with Gasteiger partial charge in [-0.2, -0.15) is 0 Å². The Morgan fingerprint density at radius 3 is 2.75 bits per heavy atom. The molecule has 0 aromatic carbocycles. The molecule has 16 heavy (non-hydrogen) atoms. The third-order valence-electron chi connectivity index (χ3n) is 2.44. The second kappa shape index (κ2) is 6.93. The molecule has 1 heterocycles. The minimum Gasteiger partial charge on any atom is -0.388 e. The second-order valence-electron chi connectivity index (χ2n) is 3.77. The number of aliphatic hydroxyl groups is 3. The molecular formula is C10H18O6. The van der Waals surface area contributed by atoms with E-state index in [9.17, 15) is 15.0 Å². The van der Waals surface area contributed by atoms with E-state index in [0.717, 1.165) is 19.3 Å². The molecule has 3 N–H and O–H groups in total. The van der Waals surface area contributed by atoms with E-state index in [0.29, 0.717) is 6.61 Å². The number of ether oxygens (including phenoxy) is 2. The molecule has 3 atom stereocenters. The van der Waals surface area contributed by atoms with E-state index in [4.69, 9.17) is 14.6 Å². The lowest BCUT2D eigenvalue weighted by atomic mass is 10.1. The van der Waals surface area contributed by atoms with E-state index in [1.165, 1.54) is 0 Å². The van der Waals surface area contributed by atoms with E-state index >= 15 is 0 Å². The van der Waals surface area contributed by atoms with Crippen LogP contribution in [0.2, 0.25) is 0 Å². The first-order chi connectivity index (χ1) is 7.65. The zero-order chi connectivity index (χ0) is 12.0. The van der Waals surface area contributed by atoms with Crippen LogP contribution in [0.25, 0.3) is 0 Å². The first-order valence-corrected chi connectivity index (χ1v) is 5.38. The zero-order valence-electron chi connectivity index (χ0n) is 9.04. The lowest BCUT2D eigenvalue weighted by molar-refractivity contribution is -0.184. The van der Waals surface area contributed by atoms with Crippen LogP contribution >= 0.6 is 0 Å². The summed E-state index contributed by atoms with van der Waals surface area (Å²) in [6.45, 7) is -0.353. The summed E-state index contributed by atoms with van der Waals surface area (Å²) < 4.78 is 10.4. The van der Waals surface area contributed by atoms with Gasteiger partial charge in [-0.1, -0.05) is 0 Å². The van der Waals surface area contributed by atoms with Crippen molar-refractivity contribution >= 4 is 5.78 Å². The van der Waals surface area contributed by atoms with E-state index in [-0.39, 0.29) is 12.9 Å². The van der Waals surface area contributed by atoms with Crippen molar-refractivity contribution < 1.29 is 29.6 Å².